The fourth-order valence-corrected chi connectivity index (χ4v) is 2.14. The molecule has 0 aliphatic carbocycles. The van der Waals surface area contributed by atoms with Gasteiger partial charge in [0.05, 0.1) is 4.92 Å². The monoisotopic (exact) mass is 338 g/mol. The number of hydrogen-bond acceptors (Lipinski definition) is 6. The molecular weight excluding hydrogens is 328 g/mol. The number of nitrogens with zero attached hydrogens (tertiary/aromatic N) is 3. The summed E-state index contributed by atoms with van der Waals surface area (Å²) in [5.74, 6) is 0.312. The van der Waals surface area contributed by atoms with Crippen molar-refractivity contribution in [2.45, 2.75) is 13.8 Å². The summed E-state index contributed by atoms with van der Waals surface area (Å²) in [6.07, 6.45) is 0. The molecule has 0 saturated heterocycles. The van der Waals surface area contributed by atoms with Gasteiger partial charge in [-0.1, -0.05) is 6.07 Å². The van der Waals surface area contributed by atoms with Gasteiger partial charge >= 0.3 is 11.7 Å². The summed E-state index contributed by atoms with van der Waals surface area (Å²) in [6.45, 7) is 3.49. The summed E-state index contributed by atoms with van der Waals surface area (Å²) in [7, 11) is 0. The average Bonchev–Trinajstić information content (AvgIpc) is 2.30. The number of nitrogen functional groups attached to an aromatic ring is 1. The van der Waals surface area contributed by atoms with Crippen molar-refractivity contribution in [3.05, 3.63) is 44.0 Å². The molecule has 104 valence electrons. The third-order valence-electron chi connectivity index (χ3n) is 2.48. The number of ether oxygens (including phenoxy) is 1. The Hall–Kier alpha value is -2.22. The van der Waals surface area contributed by atoms with E-state index in [9.17, 15) is 10.1 Å². The molecule has 20 heavy (non-hydrogen) atoms. The molecule has 0 radical (unpaired) electrons. The van der Waals surface area contributed by atoms with Gasteiger partial charge in [0.2, 0.25) is 5.75 Å². The Morgan fingerprint density at radius 3 is 2.60 bits per heavy atom. The van der Waals surface area contributed by atoms with Gasteiger partial charge in [-0.2, -0.15) is 9.97 Å². The Balaban J connectivity index is 2.50. The highest BCUT2D eigenvalue weighted by Crippen LogP contribution is 2.35. The van der Waals surface area contributed by atoms with Crippen LogP contribution in [0, 0.1) is 24.0 Å². The highest BCUT2D eigenvalue weighted by atomic mass is 79.9. The molecule has 0 spiro atoms. The van der Waals surface area contributed by atoms with E-state index < -0.39 is 4.92 Å². The number of aromatic nitrogens is 2. The first-order valence-electron chi connectivity index (χ1n) is 5.60. The maximum absolute atomic E-state index is 11.1. The molecule has 0 aliphatic rings. The third kappa shape index (κ3) is 3.02. The van der Waals surface area contributed by atoms with Gasteiger partial charge in [-0.3, -0.25) is 10.1 Å². The van der Waals surface area contributed by atoms with E-state index in [0.717, 1.165) is 5.56 Å². The smallest absolute Gasteiger partial charge is 0.325 e. The second kappa shape index (κ2) is 5.41. The Bertz CT molecular complexity index is 670. The molecule has 0 atom stereocenters. The average molecular weight is 339 g/mol. The Kier molecular flexibility index (Phi) is 3.84. The van der Waals surface area contributed by atoms with Crippen LogP contribution in [0.15, 0.2) is 22.8 Å². The molecule has 1 heterocycles. The van der Waals surface area contributed by atoms with Crippen LogP contribution in [0.2, 0.25) is 0 Å². The van der Waals surface area contributed by atoms with Gasteiger partial charge in [-0.15, -0.1) is 0 Å². The molecule has 2 N–H and O–H groups in total. The van der Waals surface area contributed by atoms with Crippen molar-refractivity contribution in [2.75, 3.05) is 5.73 Å². The fourth-order valence-electron chi connectivity index (χ4n) is 1.75. The van der Waals surface area contributed by atoms with Crippen molar-refractivity contribution >= 4 is 27.4 Å². The van der Waals surface area contributed by atoms with Crippen LogP contribution in [0.1, 0.15) is 11.1 Å². The van der Waals surface area contributed by atoms with Crippen LogP contribution in [0.3, 0.4) is 0 Å². The van der Waals surface area contributed by atoms with Crippen molar-refractivity contribution in [2.24, 2.45) is 0 Å². The first kappa shape index (κ1) is 14.2. The zero-order chi connectivity index (χ0) is 14.9. The van der Waals surface area contributed by atoms with E-state index in [2.05, 4.69) is 25.9 Å². The molecule has 0 bridgehead atoms. The van der Waals surface area contributed by atoms with Crippen LogP contribution in [0.5, 0.6) is 11.8 Å². The van der Waals surface area contributed by atoms with Crippen molar-refractivity contribution in [1.82, 2.24) is 9.97 Å². The maximum Gasteiger partial charge on any atom is 0.325 e. The Labute approximate surface area is 123 Å². The van der Waals surface area contributed by atoms with Crippen molar-refractivity contribution in [1.29, 1.82) is 0 Å². The first-order valence-corrected chi connectivity index (χ1v) is 6.39. The number of benzene rings is 1. The molecular formula is C12H11BrN4O3. The molecule has 0 unspecified atom stereocenters. The van der Waals surface area contributed by atoms with E-state index in [1.165, 1.54) is 12.1 Å². The highest BCUT2D eigenvalue weighted by Gasteiger charge is 2.20. The molecule has 0 aliphatic heterocycles. The van der Waals surface area contributed by atoms with Gasteiger partial charge < -0.3 is 10.5 Å². The van der Waals surface area contributed by atoms with Gasteiger partial charge in [0.25, 0.3) is 0 Å². The predicted molar refractivity (Wildman–Crippen MR) is 76.8 cm³/mol. The van der Waals surface area contributed by atoms with Gasteiger partial charge in [0.1, 0.15) is 10.4 Å². The van der Waals surface area contributed by atoms with Crippen LogP contribution >= 0.6 is 15.9 Å². The lowest BCUT2D eigenvalue weighted by Crippen LogP contribution is -2.01. The SMILES string of the molecule is Cc1cc(C)c(Oc2nc(N)cc(Br)n2)c([N+](=O)[O-])c1. The molecule has 1 aromatic heterocycles. The fraction of sp³-hybridized carbons (Fsp3) is 0.167. The minimum absolute atomic E-state index is 0.0491. The van der Waals surface area contributed by atoms with Gasteiger partial charge in [0.15, 0.2) is 0 Å². The lowest BCUT2D eigenvalue weighted by atomic mass is 10.1. The molecule has 0 fully saturated rings. The highest BCUT2D eigenvalue weighted by molar-refractivity contribution is 9.10. The molecule has 1 aromatic carbocycles. The van der Waals surface area contributed by atoms with Crippen LogP contribution in [-0.4, -0.2) is 14.9 Å². The summed E-state index contributed by atoms with van der Waals surface area (Å²) in [4.78, 5) is 18.5. The second-order valence-corrected chi connectivity index (χ2v) is 5.00. The summed E-state index contributed by atoms with van der Waals surface area (Å²) in [5, 5.41) is 11.1. The molecule has 0 saturated carbocycles. The van der Waals surface area contributed by atoms with E-state index >= 15 is 0 Å². The summed E-state index contributed by atoms with van der Waals surface area (Å²) in [5.41, 5.74) is 6.84. The van der Waals surface area contributed by atoms with Crippen molar-refractivity contribution < 1.29 is 9.66 Å². The van der Waals surface area contributed by atoms with Gasteiger partial charge in [-0.05, 0) is 40.9 Å². The molecule has 2 rings (SSSR count). The zero-order valence-electron chi connectivity index (χ0n) is 10.8. The number of anilines is 1. The number of rotatable bonds is 3. The molecule has 2 aromatic rings. The lowest BCUT2D eigenvalue weighted by molar-refractivity contribution is -0.385. The standard InChI is InChI=1S/C12H11BrN4O3/c1-6-3-7(2)11(8(4-6)17(18)19)20-12-15-9(13)5-10(14)16-12/h3-5H,1-2H3,(H2,14,15,16). The quantitative estimate of drug-likeness (QED) is 0.523. The van der Waals surface area contributed by atoms with E-state index in [1.54, 1.807) is 19.9 Å². The summed E-state index contributed by atoms with van der Waals surface area (Å²) in [6, 6.07) is 4.67. The minimum atomic E-state index is -0.503. The van der Waals surface area contributed by atoms with Gasteiger partial charge in [0, 0.05) is 12.1 Å². The van der Waals surface area contributed by atoms with Crippen molar-refractivity contribution in [3.8, 4) is 11.8 Å². The lowest BCUT2D eigenvalue weighted by Gasteiger charge is -2.09. The van der Waals surface area contributed by atoms with Crippen LogP contribution in [0.4, 0.5) is 11.5 Å². The van der Waals surface area contributed by atoms with Crippen LogP contribution < -0.4 is 10.5 Å². The number of nitro groups is 1. The summed E-state index contributed by atoms with van der Waals surface area (Å²) >= 11 is 3.16. The molecule has 8 heteroatoms. The van der Waals surface area contributed by atoms with E-state index in [-0.39, 0.29) is 23.3 Å². The second-order valence-electron chi connectivity index (χ2n) is 4.19. The zero-order valence-corrected chi connectivity index (χ0v) is 12.3. The number of nitro benzene ring substituents is 1. The largest absolute Gasteiger partial charge is 0.417 e. The summed E-state index contributed by atoms with van der Waals surface area (Å²) < 4.78 is 5.88. The Morgan fingerprint density at radius 2 is 2.00 bits per heavy atom. The number of hydrogen-bond donors (Lipinski definition) is 1. The predicted octanol–water partition coefficient (Wildman–Crippen LogP) is 3.14. The third-order valence-corrected chi connectivity index (χ3v) is 2.89. The number of aryl methyl sites for hydroxylation is 2. The maximum atomic E-state index is 11.1. The first-order chi connectivity index (χ1) is 9.36. The van der Waals surface area contributed by atoms with Crippen LogP contribution in [-0.2, 0) is 0 Å². The number of nitrogens with two attached hydrogens (primary N) is 1. The minimum Gasteiger partial charge on any atom is -0.417 e. The van der Waals surface area contributed by atoms with Gasteiger partial charge in [-0.25, -0.2) is 0 Å². The molecule has 0 amide bonds. The normalized spacial score (nSPS) is 10.3. The van der Waals surface area contributed by atoms with Crippen LogP contribution in [0.25, 0.3) is 0 Å². The van der Waals surface area contributed by atoms with E-state index in [4.69, 9.17) is 10.5 Å². The van der Waals surface area contributed by atoms with E-state index in [0.29, 0.717) is 10.2 Å². The Morgan fingerprint density at radius 1 is 1.30 bits per heavy atom. The van der Waals surface area contributed by atoms with Crippen molar-refractivity contribution in [3.63, 3.8) is 0 Å². The topological polar surface area (TPSA) is 104 Å². The number of halogens is 1. The van der Waals surface area contributed by atoms with E-state index in [1.807, 2.05) is 0 Å². The molecule has 7 nitrogen and oxygen atoms in total.